The van der Waals surface area contributed by atoms with E-state index in [0.717, 1.165) is 29.1 Å². The molecule has 0 radical (unpaired) electrons. The Bertz CT molecular complexity index is 1240. The Morgan fingerprint density at radius 3 is 2.25 bits per heavy atom. The molecule has 3 rings (SSSR count). The summed E-state index contributed by atoms with van der Waals surface area (Å²) in [5, 5.41) is 2.90. The normalized spacial score (nSPS) is 11.5. The molecule has 0 saturated heterocycles. The monoisotopic (exact) mass is 524 g/mol. The second-order valence-corrected chi connectivity index (χ2v) is 12.2. The van der Waals surface area contributed by atoms with Crippen LogP contribution in [0.25, 0.3) is 0 Å². The van der Waals surface area contributed by atoms with Crippen LogP contribution in [0.3, 0.4) is 0 Å². The number of thioether (sulfide) groups is 1. The highest BCUT2D eigenvalue weighted by molar-refractivity contribution is 7.98. The van der Waals surface area contributed by atoms with Crippen molar-refractivity contribution in [3.8, 4) is 0 Å². The topological polar surface area (TPSA) is 66.5 Å². The van der Waals surface area contributed by atoms with Gasteiger partial charge in [-0.2, -0.15) is 11.8 Å². The van der Waals surface area contributed by atoms with E-state index in [-0.39, 0.29) is 17.3 Å². The van der Waals surface area contributed by atoms with Crippen molar-refractivity contribution in [1.82, 2.24) is 5.32 Å². The van der Waals surface area contributed by atoms with Crippen molar-refractivity contribution >= 4 is 33.4 Å². The van der Waals surface area contributed by atoms with Gasteiger partial charge in [0.05, 0.1) is 10.6 Å². The molecule has 0 aliphatic carbocycles. The lowest BCUT2D eigenvalue weighted by Gasteiger charge is -2.24. The Hall–Kier alpha value is -2.77. The number of hydrogen-bond acceptors (Lipinski definition) is 4. The molecular formula is C29H36N2O3S2. The molecule has 36 heavy (non-hydrogen) atoms. The van der Waals surface area contributed by atoms with Gasteiger partial charge in [0.15, 0.2) is 0 Å². The number of nitrogens with zero attached hydrogens (tertiary/aromatic N) is 1. The van der Waals surface area contributed by atoms with E-state index in [1.165, 1.54) is 15.4 Å². The van der Waals surface area contributed by atoms with Gasteiger partial charge in [0, 0.05) is 12.3 Å². The van der Waals surface area contributed by atoms with E-state index in [1.54, 1.807) is 36.4 Å². The predicted molar refractivity (Wildman–Crippen MR) is 151 cm³/mol. The molecule has 0 bridgehead atoms. The molecule has 192 valence electrons. The first-order valence-electron chi connectivity index (χ1n) is 12.3. The lowest BCUT2D eigenvalue weighted by molar-refractivity contribution is -0.119. The smallest absolute Gasteiger partial charge is 0.264 e. The fourth-order valence-corrected chi connectivity index (χ4v) is 6.18. The minimum Gasteiger partial charge on any atom is -0.354 e. The van der Waals surface area contributed by atoms with Crippen molar-refractivity contribution < 1.29 is 13.2 Å². The second-order valence-electron chi connectivity index (χ2n) is 9.25. The first kappa shape index (κ1) is 27.8. The largest absolute Gasteiger partial charge is 0.354 e. The highest BCUT2D eigenvalue weighted by Crippen LogP contribution is 2.26. The Kier molecular flexibility index (Phi) is 10.0. The summed E-state index contributed by atoms with van der Waals surface area (Å²) in [4.78, 5) is 13.0. The molecule has 0 heterocycles. The van der Waals surface area contributed by atoms with Gasteiger partial charge in [-0.15, -0.1) is 0 Å². The summed E-state index contributed by atoms with van der Waals surface area (Å²) < 4.78 is 28.2. The van der Waals surface area contributed by atoms with E-state index in [2.05, 4.69) is 44.3 Å². The van der Waals surface area contributed by atoms with Crippen LogP contribution in [0, 0.1) is 13.8 Å². The molecule has 3 aromatic rings. The molecule has 1 N–H and O–H groups in total. The van der Waals surface area contributed by atoms with E-state index >= 15 is 0 Å². The van der Waals surface area contributed by atoms with Crippen molar-refractivity contribution in [3.63, 3.8) is 0 Å². The fourth-order valence-electron chi connectivity index (χ4n) is 3.72. The third kappa shape index (κ3) is 7.61. The van der Waals surface area contributed by atoms with E-state index in [1.807, 2.05) is 36.9 Å². The van der Waals surface area contributed by atoms with Crippen molar-refractivity contribution in [3.05, 3.63) is 95.1 Å². The summed E-state index contributed by atoms with van der Waals surface area (Å²) >= 11 is 1.83. The van der Waals surface area contributed by atoms with Crippen LogP contribution in [0.1, 0.15) is 48.4 Å². The van der Waals surface area contributed by atoms with Crippen LogP contribution in [-0.2, 0) is 20.6 Å². The van der Waals surface area contributed by atoms with Crippen molar-refractivity contribution in [2.75, 3.05) is 23.1 Å². The highest BCUT2D eigenvalue weighted by Gasteiger charge is 2.27. The summed E-state index contributed by atoms with van der Waals surface area (Å²) in [6.45, 7) is 8.43. The Morgan fingerprint density at radius 2 is 1.61 bits per heavy atom. The average molecular weight is 525 g/mol. The summed E-state index contributed by atoms with van der Waals surface area (Å²) in [5.74, 6) is 1.86. The molecule has 7 heteroatoms. The highest BCUT2D eigenvalue weighted by atomic mass is 32.2. The van der Waals surface area contributed by atoms with E-state index in [9.17, 15) is 13.2 Å². The number of aryl methyl sites for hydroxylation is 2. The Balaban J connectivity index is 1.63. The lowest BCUT2D eigenvalue weighted by Crippen LogP contribution is -2.41. The lowest BCUT2D eigenvalue weighted by atomic mass is 10.0. The zero-order valence-electron chi connectivity index (χ0n) is 21.5. The molecule has 0 fully saturated rings. The van der Waals surface area contributed by atoms with Crippen molar-refractivity contribution in [2.24, 2.45) is 0 Å². The van der Waals surface area contributed by atoms with Crippen LogP contribution in [0.2, 0.25) is 0 Å². The fraction of sp³-hybridized carbons (Fsp3) is 0.345. The van der Waals surface area contributed by atoms with E-state index in [0.29, 0.717) is 18.2 Å². The van der Waals surface area contributed by atoms with Gasteiger partial charge in [-0.1, -0.05) is 67.9 Å². The number of carbonyl (C=O) groups is 1. The summed E-state index contributed by atoms with van der Waals surface area (Å²) in [5.41, 5.74) is 5.17. The van der Waals surface area contributed by atoms with Gasteiger partial charge < -0.3 is 5.32 Å². The van der Waals surface area contributed by atoms with E-state index < -0.39 is 10.0 Å². The molecule has 0 spiro atoms. The van der Waals surface area contributed by atoms with Gasteiger partial charge in [0.1, 0.15) is 6.54 Å². The molecular weight excluding hydrogens is 488 g/mol. The van der Waals surface area contributed by atoms with Gasteiger partial charge in [-0.3, -0.25) is 9.10 Å². The zero-order valence-corrected chi connectivity index (χ0v) is 23.2. The first-order chi connectivity index (χ1) is 17.2. The number of sulfonamides is 1. The van der Waals surface area contributed by atoms with Crippen LogP contribution in [0.15, 0.2) is 77.7 Å². The van der Waals surface area contributed by atoms with Gasteiger partial charge in [-0.25, -0.2) is 8.42 Å². The van der Waals surface area contributed by atoms with Crippen LogP contribution in [0.4, 0.5) is 5.69 Å². The van der Waals surface area contributed by atoms with Crippen LogP contribution >= 0.6 is 11.8 Å². The van der Waals surface area contributed by atoms with Gasteiger partial charge in [-0.05, 0) is 72.9 Å². The van der Waals surface area contributed by atoms with Crippen molar-refractivity contribution in [1.29, 1.82) is 0 Å². The minimum atomic E-state index is -3.90. The van der Waals surface area contributed by atoms with E-state index in [4.69, 9.17) is 0 Å². The number of anilines is 1. The molecule has 5 nitrogen and oxygen atoms in total. The molecule has 0 aromatic heterocycles. The predicted octanol–water partition coefficient (Wildman–Crippen LogP) is 6.06. The standard InChI is InChI=1S/C29H36N2O3S2/c1-22(2)25-12-14-27(15-13-25)31(36(33,34)28-16-10-23(3)11-17-28)20-29(32)30-18-7-19-35-21-26-9-6-5-8-24(26)4/h5-6,8-17,22H,7,18-21H2,1-4H3,(H,30,32). The summed E-state index contributed by atoms with van der Waals surface area (Å²) in [6.07, 6.45) is 0.816. The first-order valence-corrected chi connectivity index (χ1v) is 14.9. The van der Waals surface area contributed by atoms with Gasteiger partial charge >= 0.3 is 0 Å². The van der Waals surface area contributed by atoms with Crippen LogP contribution in [-0.4, -0.2) is 33.2 Å². The molecule has 1 amide bonds. The average Bonchev–Trinajstić information content (AvgIpc) is 2.86. The second kappa shape index (κ2) is 13.0. The third-order valence-corrected chi connectivity index (χ3v) is 8.93. The van der Waals surface area contributed by atoms with Crippen LogP contribution < -0.4 is 9.62 Å². The zero-order chi connectivity index (χ0) is 26.1. The number of rotatable bonds is 12. The maximum absolute atomic E-state index is 13.5. The van der Waals surface area contributed by atoms with Gasteiger partial charge in [0.2, 0.25) is 5.91 Å². The third-order valence-electron chi connectivity index (χ3n) is 6.05. The quantitative estimate of drug-likeness (QED) is 0.292. The van der Waals surface area contributed by atoms with Crippen molar-refractivity contribution in [2.45, 2.75) is 50.7 Å². The maximum Gasteiger partial charge on any atom is 0.264 e. The molecule has 0 saturated carbocycles. The summed E-state index contributed by atoms with van der Waals surface area (Å²) in [6, 6.07) is 22.4. The molecule has 0 aliphatic heterocycles. The van der Waals surface area contributed by atoms with Crippen LogP contribution in [0.5, 0.6) is 0 Å². The number of hydrogen-bond donors (Lipinski definition) is 1. The molecule has 0 atom stereocenters. The number of benzene rings is 3. The molecule has 0 unspecified atom stereocenters. The number of amides is 1. The van der Waals surface area contributed by atoms with Gasteiger partial charge in [0.25, 0.3) is 10.0 Å². The Morgan fingerprint density at radius 1 is 0.944 bits per heavy atom. The molecule has 3 aromatic carbocycles. The number of nitrogens with one attached hydrogen (secondary N) is 1. The maximum atomic E-state index is 13.5. The SMILES string of the molecule is Cc1ccc(S(=O)(=O)N(CC(=O)NCCCSCc2ccccc2C)c2ccc(C(C)C)cc2)cc1. The summed E-state index contributed by atoms with van der Waals surface area (Å²) in [7, 11) is -3.90. The molecule has 0 aliphatic rings. The Labute approximate surface area is 220 Å². The minimum absolute atomic E-state index is 0.168. The number of carbonyl (C=O) groups excluding carboxylic acids is 1.